The van der Waals surface area contributed by atoms with Crippen molar-refractivity contribution in [3.8, 4) is 0 Å². The first-order chi connectivity index (χ1) is 6.83. The Bertz CT molecular complexity index is 135. The van der Waals surface area contributed by atoms with Crippen molar-refractivity contribution in [3.63, 3.8) is 0 Å². The topological polar surface area (TPSA) is 21.7 Å². The first-order valence-electron chi connectivity index (χ1n) is 5.74. The monoisotopic (exact) mass is 201 g/mol. The second kappa shape index (κ2) is 7.21. The first-order valence-corrected chi connectivity index (χ1v) is 5.74. The molecular formula is C11H23NO2. The summed E-state index contributed by atoms with van der Waals surface area (Å²) in [7, 11) is 2.17. The maximum atomic E-state index is 5.48. The molecule has 84 valence electrons. The van der Waals surface area contributed by atoms with E-state index in [9.17, 15) is 0 Å². The molecule has 0 aromatic carbocycles. The lowest BCUT2D eigenvalue weighted by Gasteiger charge is -2.25. The predicted octanol–water partition coefficient (Wildman–Crippen LogP) is 1.87. The minimum absolute atomic E-state index is 0.0489. The van der Waals surface area contributed by atoms with Gasteiger partial charge in [0, 0.05) is 13.0 Å². The van der Waals surface area contributed by atoms with E-state index in [1.54, 1.807) is 0 Å². The van der Waals surface area contributed by atoms with Crippen LogP contribution in [0, 0.1) is 0 Å². The van der Waals surface area contributed by atoms with Gasteiger partial charge in [-0.3, -0.25) is 0 Å². The zero-order valence-electron chi connectivity index (χ0n) is 9.50. The molecule has 3 heteroatoms. The standard InChI is InChI=1S/C11H23NO2/c1-3-4-7-12(2)8-6-11-13-9-5-10-14-11/h11H,3-10H2,1-2H3. The van der Waals surface area contributed by atoms with Crippen LogP contribution in [0.25, 0.3) is 0 Å². The van der Waals surface area contributed by atoms with Crippen molar-refractivity contribution in [2.75, 3.05) is 33.4 Å². The summed E-state index contributed by atoms with van der Waals surface area (Å²) in [5.41, 5.74) is 0. The van der Waals surface area contributed by atoms with Crippen molar-refractivity contribution in [3.05, 3.63) is 0 Å². The summed E-state index contributed by atoms with van der Waals surface area (Å²) in [6.07, 6.45) is 4.64. The number of ether oxygens (including phenoxy) is 2. The third kappa shape index (κ3) is 4.94. The number of nitrogens with zero attached hydrogens (tertiary/aromatic N) is 1. The van der Waals surface area contributed by atoms with Crippen LogP contribution in [0.4, 0.5) is 0 Å². The molecule has 0 radical (unpaired) electrons. The van der Waals surface area contributed by atoms with Crippen molar-refractivity contribution in [1.29, 1.82) is 0 Å². The van der Waals surface area contributed by atoms with Gasteiger partial charge in [0.05, 0.1) is 13.2 Å². The molecule has 1 aliphatic heterocycles. The van der Waals surface area contributed by atoms with Crippen molar-refractivity contribution in [2.45, 2.75) is 38.9 Å². The second-order valence-corrected chi connectivity index (χ2v) is 3.97. The minimum Gasteiger partial charge on any atom is -0.353 e. The highest BCUT2D eigenvalue weighted by molar-refractivity contribution is 4.57. The highest BCUT2D eigenvalue weighted by Gasteiger charge is 2.14. The molecular weight excluding hydrogens is 178 g/mol. The maximum Gasteiger partial charge on any atom is 0.158 e. The van der Waals surface area contributed by atoms with E-state index >= 15 is 0 Å². The molecule has 0 saturated carbocycles. The van der Waals surface area contributed by atoms with Crippen molar-refractivity contribution in [1.82, 2.24) is 4.90 Å². The Balaban J connectivity index is 2.00. The molecule has 0 atom stereocenters. The van der Waals surface area contributed by atoms with E-state index < -0.39 is 0 Å². The van der Waals surface area contributed by atoms with E-state index in [1.165, 1.54) is 19.4 Å². The van der Waals surface area contributed by atoms with Gasteiger partial charge in [-0.2, -0.15) is 0 Å². The zero-order valence-corrected chi connectivity index (χ0v) is 9.50. The van der Waals surface area contributed by atoms with Gasteiger partial charge in [0.25, 0.3) is 0 Å². The largest absolute Gasteiger partial charge is 0.353 e. The average molecular weight is 201 g/mol. The van der Waals surface area contributed by atoms with Crippen LogP contribution in [0.2, 0.25) is 0 Å². The van der Waals surface area contributed by atoms with Crippen LogP contribution in [-0.4, -0.2) is 44.5 Å². The Labute approximate surface area is 87.4 Å². The van der Waals surface area contributed by atoms with Crippen LogP contribution in [-0.2, 0) is 9.47 Å². The molecule has 1 fully saturated rings. The predicted molar refractivity (Wildman–Crippen MR) is 57.3 cm³/mol. The lowest BCUT2D eigenvalue weighted by atomic mass is 10.3. The fourth-order valence-electron chi connectivity index (χ4n) is 1.57. The molecule has 0 bridgehead atoms. The number of hydrogen-bond donors (Lipinski definition) is 0. The van der Waals surface area contributed by atoms with Gasteiger partial charge >= 0.3 is 0 Å². The van der Waals surface area contributed by atoms with E-state index in [0.29, 0.717) is 0 Å². The molecule has 1 heterocycles. The van der Waals surface area contributed by atoms with Crippen LogP contribution in [0.1, 0.15) is 32.6 Å². The quantitative estimate of drug-likeness (QED) is 0.655. The summed E-state index contributed by atoms with van der Waals surface area (Å²) in [6.45, 7) is 6.21. The summed E-state index contributed by atoms with van der Waals surface area (Å²) in [5.74, 6) is 0. The molecule has 0 aromatic rings. The van der Waals surface area contributed by atoms with Crippen LogP contribution in [0.15, 0.2) is 0 Å². The van der Waals surface area contributed by atoms with Gasteiger partial charge in [0.15, 0.2) is 6.29 Å². The van der Waals surface area contributed by atoms with Gasteiger partial charge in [0.2, 0.25) is 0 Å². The molecule has 14 heavy (non-hydrogen) atoms. The second-order valence-electron chi connectivity index (χ2n) is 3.97. The van der Waals surface area contributed by atoms with E-state index in [0.717, 1.165) is 32.6 Å². The van der Waals surface area contributed by atoms with Crippen LogP contribution in [0.3, 0.4) is 0 Å². The molecule has 0 unspecified atom stereocenters. The van der Waals surface area contributed by atoms with E-state index in [1.807, 2.05) is 0 Å². The van der Waals surface area contributed by atoms with Crippen LogP contribution < -0.4 is 0 Å². The molecule has 0 aliphatic carbocycles. The average Bonchev–Trinajstić information content (AvgIpc) is 2.25. The van der Waals surface area contributed by atoms with Gasteiger partial charge in [-0.05, 0) is 26.4 Å². The fraction of sp³-hybridized carbons (Fsp3) is 1.00. The Morgan fingerprint density at radius 2 is 1.93 bits per heavy atom. The molecule has 0 spiro atoms. The van der Waals surface area contributed by atoms with Gasteiger partial charge in [-0.15, -0.1) is 0 Å². The summed E-state index contributed by atoms with van der Waals surface area (Å²) in [4.78, 5) is 2.35. The smallest absolute Gasteiger partial charge is 0.158 e. The molecule has 0 aromatic heterocycles. The summed E-state index contributed by atoms with van der Waals surface area (Å²) >= 11 is 0. The summed E-state index contributed by atoms with van der Waals surface area (Å²) in [5, 5.41) is 0. The van der Waals surface area contributed by atoms with Crippen LogP contribution >= 0.6 is 0 Å². The molecule has 1 saturated heterocycles. The Hall–Kier alpha value is -0.120. The highest BCUT2D eigenvalue weighted by atomic mass is 16.7. The molecule has 1 rings (SSSR count). The van der Waals surface area contributed by atoms with Crippen molar-refractivity contribution >= 4 is 0 Å². The normalized spacial score (nSPS) is 19.1. The van der Waals surface area contributed by atoms with Gasteiger partial charge in [-0.25, -0.2) is 0 Å². The molecule has 3 nitrogen and oxygen atoms in total. The van der Waals surface area contributed by atoms with E-state index in [4.69, 9.17) is 9.47 Å². The SMILES string of the molecule is CCCCN(C)CCC1OCCCO1. The lowest BCUT2D eigenvalue weighted by molar-refractivity contribution is -0.182. The van der Waals surface area contributed by atoms with Gasteiger partial charge < -0.3 is 14.4 Å². The molecule has 0 amide bonds. The van der Waals surface area contributed by atoms with Gasteiger partial charge in [-0.1, -0.05) is 13.3 Å². The first kappa shape index (κ1) is 12.0. The van der Waals surface area contributed by atoms with Crippen molar-refractivity contribution in [2.24, 2.45) is 0 Å². The highest BCUT2D eigenvalue weighted by Crippen LogP contribution is 2.08. The number of hydrogen-bond acceptors (Lipinski definition) is 3. The van der Waals surface area contributed by atoms with Gasteiger partial charge in [0.1, 0.15) is 0 Å². The maximum absolute atomic E-state index is 5.48. The lowest BCUT2D eigenvalue weighted by Crippen LogP contribution is -2.30. The fourth-order valence-corrected chi connectivity index (χ4v) is 1.57. The molecule has 0 N–H and O–H groups in total. The number of rotatable bonds is 6. The van der Waals surface area contributed by atoms with E-state index in [-0.39, 0.29) is 6.29 Å². The molecule has 1 aliphatic rings. The third-order valence-electron chi connectivity index (χ3n) is 2.54. The third-order valence-corrected chi connectivity index (χ3v) is 2.54. The minimum atomic E-state index is 0.0489. The summed E-state index contributed by atoms with van der Waals surface area (Å²) in [6, 6.07) is 0. The Morgan fingerprint density at radius 3 is 2.57 bits per heavy atom. The zero-order chi connectivity index (χ0) is 10.2. The number of unbranched alkanes of at least 4 members (excludes halogenated alkanes) is 1. The Kier molecular flexibility index (Phi) is 6.15. The van der Waals surface area contributed by atoms with E-state index in [2.05, 4.69) is 18.9 Å². The van der Waals surface area contributed by atoms with Crippen LogP contribution in [0.5, 0.6) is 0 Å². The Morgan fingerprint density at radius 1 is 1.21 bits per heavy atom. The summed E-state index contributed by atoms with van der Waals surface area (Å²) < 4.78 is 11.0. The van der Waals surface area contributed by atoms with Crippen molar-refractivity contribution < 1.29 is 9.47 Å².